The number of hydrogen-bond donors (Lipinski definition) is 2. The summed E-state index contributed by atoms with van der Waals surface area (Å²) in [6, 6.07) is 9.91. The molecule has 0 radical (unpaired) electrons. The van der Waals surface area contributed by atoms with Crippen molar-refractivity contribution in [2.75, 3.05) is 6.54 Å². The highest BCUT2D eigenvalue weighted by molar-refractivity contribution is 7.89. The lowest BCUT2D eigenvalue weighted by molar-refractivity contribution is 0.173. The van der Waals surface area contributed by atoms with Crippen molar-refractivity contribution in [2.45, 2.75) is 17.4 Å². The Morgan fingerprint density at radius 1 is 1.25 bits per heavy atom. The minimum atomic E-state index is -3.65. The lowest BCUT2D eigenvalue weighted by Gasteiger charge is -2.11. The maximum Gasteiger partial charge on any atom is 0.242 e. The van der Waals surface area contributed by atoms with Crippen molar-refractivity contribution in [3.05, 3.63) is 51.7 Å². The second kappa shape index (κ2) is 6.69. The van der Waals surface area contributed by atoms with Gasteiger partial charge in [-0.25, -0.2) is 13.1 Å². The number of thiophene rings is 1. The molecule has 0 saturated carbocycles. The van der Waals surface area contributed by atoms with E-state index in [0.717, 1.165) is 4.88 Å². The summed E-state index contributed by atoms with van der Waals surface area (Å²) in [6.45, 7) is 0.145. The van der Waals surface area contributed by atoms with Crippen LogP contribution in [0.3, 0.4) is 0 Å². The fourth-order valence-corrected chi connectivity index (χ4v) is 4.00. The van der Waals surface area contributed by atoms with Crippen LogP contribution in [-0.2, 0) is 10.0 Å². The molecule has 2 N–H and O–H groups in total. The van der Waals surface area contributed by atoms with Crippen LogP contribution in [0.2, 0.25) is 5.02 Å². The van der Waals surface area contributed by atoms with E-state index in [0.29, 0.717) is 6.42 Å². The summed E-state index contributed by atoms with van der Waals surface area (Å²) < 4.78 is 26.5. The Kier molecular flexibility index (Phi) is 5.17. The molecule has 2 aromatic rings. The molecule has 0 unspecified atom stereocenters. The fourth-order valence-electron chi connectivity index (χ4n) is 1.69. The Hall–Kier alpha value is -0.920. The van der Waals surface area contributed by atoms with E-state index in [1.54, 1.807) is 12.1 Å². The van der Waals surface area contributed by atoms with E-state index in [4.69, 9.17) is 11.6 Å². The van der Waals surface area contributed by atoms with Crippen molar-refractivity contribution in [1.82, 2.24) is 4.72 Å². The first-order valence-corrected chi connectivity index (χ1v) is 8.70. The zero-order valence-electron chi connectivity index (χ0n) is 10.5. The second-order valence-corrected chi connectivity index (χ2v) is 7.27. The van der Waals surface area contributed by atoms with Crippen LogP contribution in [0.4, 0.5) is 0 Å². The number of nitrogens with one attached hydrogen (secondary N) is 1. The van der Waals surface area contributed by atoms with Crippen LogP contribution in [0.25, 0.3) is 0 Å². The van der Waals surface area contributed by atoms with Crippen LogP contribution in [-0.4, -0.2) is 20.1 Å². The molecule has 1 atom stereocenters. The molecule has 2 rings (SSSR count). The minimum Gasteiger partial charge on any atom is -0.388 e. The van der Waals surface area contributed by atoms with Crippen molar-refractivity contribution in [2.24, 2.45) is 0 Å². The largest absolute Gasteiger partial charge is 0.388 e. The normalized spacial score (nSPS) is 13.3. The first-order chi connectivity index (χ1) is 9.50. The molecule has 0 aliphatic heterocycles. The quantitative estimate of drug-likeness (QED) is 0.855. The monoisotopic (exact) mass is 331 g/mol. The van der Waals surface area contributed by atoms with E-state index >= 15 is 0 Å². The molecule has 108 valence electrons. The summed E-state index contributed by atoms with van der Waals surface area (Å²) >= 11 is 7.30. The van der Waals surface area contributed by atoms with Gasteiger partial charge in [0, 0.05) is 11.4 Å². The Bertz CT molecular complexity index is 656. The highest BCUT2D eigenvalue weighted by atomic mass is 35.5. The van der Waals surface area contributed by atoms with E-state index < -0.39 is 16.1 Å². The third-order valence-corrected chi connectivity index (χ3v) is 5.64. The molecule has 0 aliphatic rings. The average molecular weight is 332 g/mol. The van der Waals surface area contributed by atoms with E-state index in [-0.39, 0.29) is 16.5 Å². The van der Waals surface area contributed by atoms with Gasteiger partial charge < -0.3 is 5.11 Å². The Morgan fingerprint density at radius 2 is 2.00 bits per heavy atom. The molecular weight excluding hydrogens is 318 g/mol. The van der Waals surface area contributed by atoms with Crippen molar-refractivity contribution in [1.29, 1.82) is 0 Å². The second-order valence-electron chi connectivity index (χ2n) is 4.15. The van der Waals surface area contributed by atoms with Crippen LogP contribution < -0.4 is 4.72 Å². The fraction of sp³-hybridized carbons (Fsp3) is 0.231. The minimum absolute atomic E-state index is 0.0484. The smallest absolute Gasteiger partial charge is 0.242 e. The van der Waals surface area contributed by atoms with Crippen molar-refractivity contribution >= 4 is 33.0 Å². The van der Waals surface area contributed by atoms with E-state index in [1.165, 1.54) is 23.5 Å². The van der Waals surface area contributed by atoms with Crippen LogP contribution in [0, 0.1) is 0 Å². The van der Waals surface area contributed by atoms with Gasteiger partial charge in [0.25, 0.3) is 0 Å². The van der Waals surface area contributed by atoms with Gasteiger partial charge in [0.15, 0.2) is 0 Å². The molecule has 0 spiro atoms. The van der Waals surface area contributed by atoms with Gasteiger partial charge in [-0.2, -0.15) is 0 Å². The molecule has 4 nitrogen and oxygen atoms in total. The number of aliphatic hydroxyl groups excluding tert-OH is 1. The number of sulfonamides is 1. The maximum atomic E-state index is 12.0. The summed E-state index contributed by atoms with van der Waals surface area (Å²) in [5.74, 6) is 0. The molecule has 0 amide bonds. The highest BCUT2D eigenvalue weighted by Gasteiger charge is 2.17. The van der Waals surface area contributed by atoms with Crippen LogP contribution in [0.5, 0.6) is 0 Å². The molecule has 7 heteroatoms. The maximum absolute atomic E-state index is 12.0. The molecule has 0 saturated heterocycles. The van der Waals surface area contributed by atoms with Gasteiger partial charge >= 0.3 is 0 Å². The van der Waals surface area contributed by atoms with Crippen LogP contribution >= 0.6 is 22.9 Å². The summed E-state index contributed by atoms with van der Waals surface area (Å²) in [6.07, 6.45) is -0.353. The van der Waals surface area contributed by atoms with Gasteiger partial charge in [-0.3, -0.25) is 0 Å². The van der Waals surface area contributed by atoms with Crippen molar-refractivity contribution < 1.29 is 13.5 Å². The molecule has 1 heterocycles. The van der Waals surface area contributed by atoms with Crippen LogP contribution in [0.1, 0.15) is 17.4 Å². The van der Waals surface area contributed by atoms with Gasteiger partial charge in [-0.05, 0) is 30.0 Å². The summed E-state index contributed by atoms with van der Waals surface area (Å²) in [5.41, 5.74) is 0. The zero-order valence-corrected chi connectivity index (χ0v) is 12.9. The summed E-state index contributed by atoms with van der Waals surface area (Å²) in [7, 11) is -3.65. The third kappa shape index (κ3) is 3.80. The first-order valence-electron chi connectivity index (χ1n) is 5.96. The predicted octanol–water partition coefficient (Wildman–Crippen LogP) is 2.80. The van der Waals surface area contributed by atoms with Gasteiger partial charge in [-0.1, -0.05) is 29.8 Å². The lowest BCUT2D eigenvalue weighted by atomic mass is 10.2. The third-order valence-electron chi connectivity index (χ3n) is 2.71. The van der Waals surface area contributed by atoms with Crippen LogP contribution in [0.15, 0.2) is 46.7 Å². The van der Waals surface area contributed by atoms with E-state index in [9.17, 15) is 13.5 Å². The molecule has 1 aromatic carbocycles. The average Bonchev–Trinajstić information content (AvgIpc) is 2.92. The lowest BCUT2D eigenvalue weighted by Crippen LogP contribution is -2.26. The summed E-state index contributed by atoms with van der Waals surface area (Å²) in [5, 5.41) is 11.9. The number of aliphatic hydroxyl groups is 1. The van der Waals surface area contributed by atoms with Gasteiger partial charge in [0.2, 0.25) is 10.0 Å². The number of benzene rings is 1. The van der Waals surface area contributed by atoms with Gasteiger partial charge in [0.05, 0.1) is 11.1 Å². The van der Waals surface area contributed by atoms with Gasteiger partial charge in [-0.15, -0.1) is 11.3 Å². The predicted molar refractivity (Wildman–Crippen MR) is 80.5 cm³/mol. The Morgan fingerprint density at radius 3 is 2.65 bits per heavy atom. The van der Waals surface area contributed by atoms with E-state index in [2.05, 4.69) is 4.72 Å². The summed E-state index contributed by atoms with van der Waals surface area (Å²) in [4.78, 5) is 0.870. The van der Waals surface area contributed by atoms with E-state index in [1.807, 2.05) is 17.5 Å². The SMILES string of the molecule is O=S(=O)(NCC[C@H](O)c1cccs1)c1ccccc1Cl. The first kappa shape index (κ1) is 15.5. The molecular formula is C13H14ClNO3S2. The van der Waals surface area contributed by atoms with Gasteiger partial charge in [0.1, 0.15) is 4.90 Å². The molecule has 1 aromatic heterocycles. The molecule has 20 heavy (non-hydrogen) atoms. The van der Waals surface area contributed by atoms with Crippen molar-refractivity contribution in [3.8, 4) is 0 Å². The topological polar surface area (TPSA) is 66.4 Å². The Labute approximate surface area is 127 Å². The number of hydrogen-bond acceptors (Lipinski definition) is 4. The Balaban J connectivity index is 1.95. The standard InChI is InChI=1S/C13H14ClNO3S2/c14-10-4-1-2-6-13(10)20(17,18)15-8-7-11(16)12-5-3-9-19-12/h1-6,9,11,15-16H,7-8H2/t11-/m0/s1. The highest BCUT2D eigenvalue weighted by Crippen LogP contribution is 2.22. The zero-order chi connectivity index (χ0) is 14.6. The molecule has 0 fully saturated rings. The van der Waals surface area contributed by atoms with Crippen molar-refractivity contribution in [3.63, 3.8) is 0 Å². The number of rotatable bonds is 6. The molecule has 0 aliphatic carbocycles. The molecule has 0 bridgehead atoms. The number of halogens is 1.